The van der Waals surface area contributed by atoms with Crippen molar-refractivity contribution >= 4 is 0 Å². The molecule has 1 atom stereocenters. The Hall–Kier alpha value is -0.850. The smallest absolute Gasteiger partial charge is 0.0457 e. The summed E-state index contributed by atoms with van der Waals surface area (Å²) in [7, 11) is 0. The standard InChI is InChI=1S/C13H21N/c1-6-10(2)11-7-8-12(14-9-11)13(3,4)5/h7-10H,6H2,1-5H3. The average Bonchev–Trinajstić information content (AvgIpc) is 2.15. The van der Waals surface area contributed by atoms with Crippen LogP contribution < -0.4 is 0 Å². The van der Waals surface area contributed by atoms with Crippen molar-refractivity contribution in [2.24, 2.45) is 0 Å². The SMILES string of the molecule is CCC(C)c1ccc(C(C)(C)C)nc1. The fourth-order valence-corrected chi connectivity index (χ4v) is 1.38. The topological polar surface area (TPSA) is 12.9 Å². The van der Waals surface area contributed by atoms with Crippen LogP contribution in [0.5, 0.6) is 0 Å². The Balaban J connectivity index is 2.89. The average molecular weight is 191 g/mol. The van der Waals surface area contributed by atoms with Crippen molar-refractivity contribution in [3.05, 3.63) is 29.6 Å². The van der Waals surface area contributed by atoms with Crippen molar-refractivity contribution in [1.29, 1.82) is 0 Å². The molecule has 1 unspecified atom stereocenters. The Labute approximate surface area is 87.6 Å². The van der Waals surface area contributed by atoms with Crippen LogP contribution >= 0.6 is 0 Å². The van der Waals surface area contributed by atoms with Gasteiger partial charge < -0.3 is 0 Å². The normalized spacial score (nSPS) is 14.1. The molecule has 1 rings (SSSR count). The van der Waals surface area contributed by atoms with Crippen LogP contribution in [0, 0.1) is 0 Å². The van der Waals surface area contributed by atoms with Gasteiger partial charge in [0, 0.05) is 17.3 Å². The van der Waals surface area contributed by atoms with Gasteiger partial charge in [-0.3, -0.25) is 4.98 Å². The summed E-state index contributed by atoms with van der Waals surface area (Å²) in [4.78, 5) is 4.52. The van der Waals surface area contributed by atoms with Crippen LogP contribution in [0.2, 0.25) is 0 Å². The van der Waals surface area contributed by atoms with Crippen LogP contribution in [0.3, 0.4) is 0 Å². The first-order valence-corrected chi connectivity index (χ1v) is 5.41. The molecule has 0 bridgehead atoms. The first-order valence-electron chi connectivity index (χ1n) is 5.41. The molecule has 0 N–H and O–H groups in total. The van der Waals surface area contributed by atoms with Crippen LogP contribution in [0.25, 0.3) is 0 Å². The third kappa shape index (κ3) is 2.57. The summed E-state index contributed by atoms with van der Waals surface area (Å²) < 4.78 is 0. The molecule has 0 fully saturated rings. The maximum absolute atomic E-state index is 4.52. The van der Waals surface area contributed by atoms with Crippen molar-refractivity contribution in [2.75, 3.05) is 0 Å². The van der Waals surface area contributed by atoms with E-state index in [1.165, 1.54) is 17.7 Å². The van der Waals surface area contributed by atoms with Gasteiger partial charge in [-0.05, 0) is 24.0 Å². The van der Waals surface area contributed by atoms with E-state index in [-0.39, 0.29) is 5.41 Å². The molecule has 1 heteroatoms. The Bertz CT molecular complexity index is 279. The molecule has 14 heavy (non-hydrogen) atoms. The number of hydrogen-bond acceptors (Lipinski definition) is 1. The summed E-state index contributed by atoms with van der Waals surface area (Å²) in [5.74, 6) is 0.622. The summed E-state index contributed by atoms with van der Waals surface area (Å²) >= 11 is 0. The molecule has 78 valence electrons. The molecule has 1 heterocycles. The van der Waals surface area contributed by atoms with Crippen LogP contribution in [-0.2, 0) is 5.41 Å². The van der Waals surface area contributed by atoms with E-state index >= 15 is 0 Å². The van der Waals surface area contributed by atoms with Gasteiger partial charge in [0.1, 0.15) is 0 Å². The first kappa shape index (κ1) is 11.2. The lowest BCUT2D eigenvalue weighted by atomic mass is 9.90. The summed E-state index contributed by atoms with van der Waals surface area (Å²) in [6.07, 6.45) is 3.20. The molecule has 0 aliphatic carbocycles. The molecule has 0 amide bonds. The summed E-state index contributed by atoms with van der Waals surface area (Å²) in [5, 5.41) is 0. The zero-order valence-electron chi connectivity index (χ0n) is 9.96. The predicted molar refractivity (Wildman–Crippen MR) is 61.6 cm³/mol. The molecule has 1 aromatic rings. The van der Waals surface area contributed by atoms with Gasteiger partial charge >= 0.3 is 0 Å². The van der Waals surface area contributed by atoms with Crippen LogP contribution in [-0.4, -0.2) is 4.98 Å². The fraction of sp³-hybridized carbons (Fsp3) is 0.615. The number of nitrogens with zero attached hydrogens (tertiary/aromatic N) is 1. The first-order chi connectivity index (χ1) is 6.45. The second-order valence-corrected chi connectivity index (χ2v) is 5.04. The van der Waals surface area contributed by atoms with Gasteiger partial charge in [0.15, 0.2) is 0 Å². The molecule has 0 radical (unpaired) electrons. The fourth-order valence-electron chi connectivity index (χ4n) is 1.38. The monoisotopic (exact) mass is 191 g/mol. The summed E-state index contributed by atoms with van der Waals surface area (Å²) in [6, 6.07) is 4.36. The molecule has 1 aromatic heterocycles. The lowest BCUT2D eigenvalue weighted by Gasteiger charge is -2.18. The van der Waals surface area contributed by atoms with Crippen molar-refractivity contribution in [3.63, 3.8) is 0 Å². The Kier molecular flexibility index (Phi) is 3.30. The van der Waals surface area contributed by atoms with Gasteiger partial charge in [-0.25, -0.2) is 0 Å². The van der Waals surface area contributed by atoms with E-state index in [9.17, 15) is 0 Å². The second-order valence-electron chi connectivity index (χ2n) is 5.04. The molecule has 0 aromatic carbocycles. The van der Waals surface area contributed by atoms with Crippen molar-refractivity contribution < 1.29 is 0 Å². The van der Waals surface area contributed by atoms with Gasteiger partial charge in [0.05, 0.1) is 0 Å². The quantitative estimate of drug-likeness (QED) is 0.691. The Morgan fingerprint density at radius 1 is 1.29 bits per heavy atom. The Morgan fingerprint density at radius 3 is 2.29 bits per heavy atom. The lowest BCUT2D eigenvalue weighted by Crippen LogP contribution is -2.13. The van der Waals surface area contributed by atoms with E-state index in [0.29, 0.717) is 5.92 Å². The summed E-state index contributed by atoms with van der Waals surface area (Å²) in [5.41, 5.74) is 2.68. The van der Waals surface area contributed by atoms with Crippen LogP contribution in [0.4, 0.5) is 0 Å². The van der Waals surface area contributed by atoms with E-state index in [4.69, 9.17) is 0 Å². The van der Waals surface area contributed by atoms with E-state index < -0.39 is 0 Å². The molecule has 1 nitrogen and oxygen atoms in total. The van der Waals surface area contributed by atoms with Gasteiger partial charge in [-0.15, -0.1) is 0 Å². The largest absolute Gasteiger partial charge is 0.260 e. The van der Waals surface area contributed by atoms with E-state index in [2.05, 4.69) is 51.7 Å². The molecule has 0 saturated heterocycles. The van der Waals surface area contributed by atoms with Gasteiger partial charge in [0.25, 0.3) is 0 Å². The van der Waals surface area contributed by atoms with E-state index in [1.807, 2.05) is 6.20 Å². The lowest BCUT2D eigenvalue weighted by molar-refractivity contribution is 0.567. The van der Waals surface area contributed by atoms with Gasteiger partial charge in [-0.2, -0.15) is 0 Å². The highest BCUT2D eigenvalue weighted by Crippen LogP contribution is 2.23. The van der Waals surface area contributed by atoms with Crippen molar-refractivity contribution in [3.8, 4) is 0 Å². The minimum Gasteiger partial charge on any atom is -0.260 e. The zero-order chi connectivity index (χ0) is 10.8. The zero-order valence-corrected chi connectivity index (χ0v) is 9.96. The third-order valence-electron chi connectivity index (χ3n) is 2.74. The highest BCUT2D eigenvalue weighted by atomic mass is 14.7. The van der Waals surface area contributed by atoms with E-state index in [1.54, 1.807) is 0 Å². The predicted octanol–water partition coefficient (Wildman–Crippen LogP) is 3.89. The molecule has 0 spiro atoms. The Morgan fingerprint density at radius 2 is 1.93 bits per heavy atom. The number of rotatable bonds is 2. The highest BCUT2D eigenvalue weighted by Gasteiger charge is 2.15. The highest BCUT2D eigenvalue weighted by molar-refractivity contribution is 5.21. The molecule has 0 aliphatic rings. The maximum Gasteiger partial charge on any atom is 0.0457 e. The maximum atomic E-state index is 4.52. The van der Waals surface area contributed by atoms with Crippen LogP contribution in [0.1, 0.15) is 58.2 Å². The summed E-state index contributed by atoms with van der Waals surface area (Å²) in [6.45, 7) is 11.0. The van der Waals surface area contributed by atoms with Gasteiger partial charge in [0.2, 0.25) is 0 Å². The molecule has 0 aliphatic heterocycles. The van der Waals surface area contributed by atoms with Crippen LogP contribution in [0.15, 0.2) is 18.3 Å². The van der Waals surface area contributed by atoms with E-state index in [0.717, 1.165) is 0 Å². The van der Waals surface area contributed by atoms with Gasteiger partial charge in [-0.1, -0.05) is 40.7 Å². The molecular weight excluding hydrogens is 170 g/mol. The van der Waals surface area contributed by atoms with Crippen molar-refractivity contribution in [1.82, 2.24) is 4.98 Å². The number of pyridine rings is 1. The molecule has 0 saturated carbocycles. The van der Waals surface area contributed by atoms with Crippen molar-refractivity contribution in [2.45, 2.75) is 52.4 Å². The number of hydrogen-bond donors (Lipinski definition) is 0. The third-order valence-corrected chi connectivity index (χ3v) is 2.74. The minimum absolute atomic E-state index is 0.161. The minimum atomic E-state index is 0.161. The number of aromatic nitrogens is 1. The second kappa shape index (κ2) is 4.12. The molecular formula is C13H21N.